The van der Waals surface area contributed by atoms with Crippen LogP contribution < -0.4 is 24.2 Å². The van der Waals surface area contributed by atoms with E-state index < -0.39 is 11.7 Å². The number of ether oxygens (including phenoxy) is 1. The monoisotopic (exact) mass is 227 g/mol. The van der Waals surface area contributed by atoms with Gasteiger partial charge in [0.15, 0.2) is 0 Å². The summed E-state index contributed by atoms with van der Waals surface area (Å²) in [5.41, 5.74) is 1.44. The molecule has 0 bridgehead atoms. The molecule has 0 aliphatic rings. The number of hydrogen-bond donors (Lipinski definition) is 1. The van der Waals surface area contributed by atoms with Crippen LogP contribution in [-0.2, 0) is 11.3 Å². The number of hydrogen-bond acceptors (Lipinski definition) is 2. The molecule has 88 valence electrons. The first-order valence-corrected chi connectivity index (χ1v) is 5.25. The number of rotatable bonds is 2. The number of amides is 1. The second-order valence-electron chi connectivity index (χ2n) is 4.62. The molecular formula is C13H18LiNO2. The summed E-state index contributed by atoms with van der Waals surface area (Å²) < 4.78 is 5.13. The number of carbonyl (C=O) groups excluding carboxylic acids is 1. The summed E-state index contributed by atoms with van der Waals surface area (Å²) in [6.07, 6.45) is -0.407. The van der Waals surface area contributed by atoms with Gasteiger partial charge in [0.05, 0.1) is 0 Å². The van der Waals surface area contributed by atoms with Crippen LogP contribution in [-0.4, -0.2) is 11.7 Å². The van der Waals surface area contributed by atoms with Crippen LogP contribution in [0.25, 0.3) is 0 Å². The first-order valence-electron chi connectivity index (χ1n) is 5.25. The van der Waals surface area contributed by atoms with Gasteiger partial charge in [-0.25, -0.2) is 4.79 Å². The molecule has 0 aliphatic carbocycles. The van der Waals surface area contributed by atoms with E-state index in [1.165, 1.54) is 0 Å². The van der Waals surface area contributed by atoms with E-state index in [9.17, 15) is 4.79 Å². The summed E-state index contributed by atoms with van der Waals surface area (Å²) in [5.74, 6) is 0. The number of alkyl carbamates (subject to hydrolysis) is 1. The predicted molar refractivity (Wildman–Crippen MR) is 64.0 cm³/mol. The van der Waals surface area contributed by atoms with Crippen molar-refractivity contribution in [2.24, 2.45) is 0 Å². The van der Waals surface area contributed by atoms with Crippen molar-refractivity contribution >= 4 is 6.09 Å². The standard InChI is InChI=1S/C13H18NO2.Li/c1-10-7-5-6-8-11(10)9-14-12(15)16-13(2,3)4;/h5-8H,1,9H2,2-4H3,(H,14,15);/q-1;+1. The Bertz CT molecular complexity index is 372. The minimum Gasteiger partial charge on any atom is -0.444 e. The molecule has 0 radical (unpaired) electrons. The van der Waals surface area contributed by atoms with Gasteiger partial charge in [-0.05, 0) is 20.8 Å². The van der Waals surface area contributed by atoms with Crippen molar-refractivity contribution in [2.75, 3.05) is 0 Å². The third kappa shape index (κ3) is 6.30. The Labute approximate surface area is 115 Å². The van der Waals surface area contributed by atoms with Crippen molar-refractivity contribution in [1.29, 1.82) is 0 Å². The Balaban J connectivity index is 0.00000256. The summed E-state index contributed by atoms with van der Waals surface area (Å²) in [4.78, 5) is 11.4. The molecule has 1 amide bonds. The summed E-state index contributed by atoms with van der Waals surface area (Å²) in [5, 5.41) is 2.70. The SMILES string of the molecule is [CH2-]c1ccccc1CNC(=O)OC(C)(C)C.[Li+]. The molecule has 0 fully saturated rings. The topological polar surface area (TPSA) is 38.3 Å². The first kappa shape index (κ1) is 16.0. The Morgan fingerprint density at radius 1 is 1.35 bits per heavy atom. The van der Waals surface area contributed by atoms with Crippen LogP contribution in [0.15, 0.2) is 24.3 Å². The Hall–Kier alpha value is -1.04. The normalized spacial score (nSPS) is 10.3. The molecule has 1 N–H and O–H groups in total. The van der Waals surface area contributed by atoms with Gasteiger partial charge in [0, 0.05) is 6.54 Å². The molecule has 0 unspecified atom stereocenters. The van der Waals surface area contributed by atoms with Gasteiger partial charge in [-0.3, -0.25) is 0 Å². The van der Waals surface area contributed by atoms with Crippen molar-refractivity contribution < 1.29 is 28.4 Å². The van der Waals surface area contributed by atoms with Gasteiger partial charge in [0.1, 0.15) is 5.60 Å². The molecule has 1 aromatic carbocycles. The Kier molecular flexibility index (Phi) is 6.23. The smallest absolute Gasteiger partial charge is 0.444 e. The summed E-state index contributed by atoms with van der Waals surface area (Å²) >= 11 is 0. The van der Waals surface area contributed by atoms with Gasteiger partial charge >= 0.3 is 25.0 Å². The van der Waals surface area contributed by atoms with Gasteiger partial charge < -0.3 is 10.1 Å². The maximum Gasteiger partial charge on any atom is 1.00 e. The molecule has 4 heteroatoms. The zero-order valence-corrected chi connectivity index (χ0v) is 11.0. The fourth-order valence-corrected chi connectivity index (χ4v) is 1.21. The van der Waals surface area contributed by atoms with Crippen LogP contribution in [0.1, 0.15) is 31.9 Å². The van der Waals surface area contributed by atoms with Crippen LogP contribution >= 0.6 is 0 Å². The molecule has 0 atom stereocenters. The summed E-state index contributed by atoms with van der Waals surface area (Å²) in [6, 6.07) is 7.67. The number of nitrogens with one attached hydrogen (secondary N) is 1. The minimum absolute atomic E-state index is 0. The minimum atomic E-state index is -0.464. The molecule has 0 heterocycles. The van der Waals surface area contributed by atoms with Crippen molar-refractivity contribution in [3.05, 3.63) is 42.3 Å². The van der Waals surface area contributed by atoms with Crippen molar-refractivity contribution in [2.45, 2.75) is 32.9 Å². The van der Waals surface area contributed by atoms with E-state index in [0.29, 0.717) is 6.54 Å². The van der Waals surface area contributed by atoms with Crippen molar-refractivity contribution in [1.82, 2.24) is 5.32 Å². The van der Waals surface area contributed by atoms with Crippen LogP contribution in [0, 0.1) is 6.92 Å². The second-order valence-corrected chi connectivity index (χ2v) is 4.62. The maximum absolute atomic E-state index is 11.4. The van der Waals surface area contributed by atoms with Gasteiger partial charge in [-0.1, -0.05) is 6.07 Å². The van der Waals surface area contributed by atoms with E-state index in [2.05, 4.69) is 12.2 Å². The number of carbonyl (C=O) groups is 1. The van der Waals surface area contributed by atoms with E-state index in [4.69, 9.17) is 4.74 Å². The van der Waals surface area contributed by atoms with E-state index in [-0.39, 0.29) is 18.9 Å². The third-order valence-corrected chi connectivity index (χ3v) is 1.94. The Morgan fingerprint density at radius 3 is 2.47 bits per heavy atom. The van der Waals surface area contributed by atoms with E-state index >= 15 is 0 Å². The third-order valence-electron chi connectivity index (χ3n) is 1.94. The molecular weight excluding hydrogens is 209 g/mol. The van der Waals surface area contributed by atoms with Crippen LogP contribution in [0.2, 0.25) is 0 Å². The van der Waals surface area contributed by atoms with E-state index in [1.54, 1.807) is 0 Å². The quantitative estimate of drug-likeness (QED) is 0.566. The van der Waals surface area contributed by atoms with E-state index in [1.807, 2.05) is 45.0 Å². The van der Waals surface area contributed by atoms with Gasteiger partial charge in [-0.15, -0.1) is 17.7 Å². The molecule has 0 spiro atoms. The summed E-state index contributed by atoms with van der Waals surface area (Å²) in [6.45, 7) is 9.83. The maximum atomic E-state index is 11.4. The molecule has 3 nitrogen and oxygen atoms in total. The second kappa shape index (κ2) is 6.63. The largest absolute Gasteiger partial charge is 1.00 e. The van der Waals surface area contributed by atoms with Crippen molar-refractivity contribution in [3.8, 4) is 0 Å². The fraction of sp³-hybridized carbons (Fsp3) is 0.385. The van der Waals surface area contributed by atoms with Gasteiger partial charge in [-0.2, -0.15) is 18.6 Å². The van der Waals surface area contributed by atoms with Crippen molar-refractivity contribution in [3.63, 3.8) is 0 Å². The molecule has 0 aromatic heterocycles. The molecule has 0 aliphatic heterocycles. The zero-order valence-electron chi connectivity index (χ0n) is 11.0. The average Bonchev–Trinajstić information content (AvgIpc) is 2.14. The fourth-order valence-electron chi connectivity index (χ4n) is 1.21. The molecule has 1 aromatic rings. The average molecular weight is 227 g/mol. The van der Waals surface area contributed by atoms with Crippen LogP contribution in [0.5, 0.6) is 0 Å². The summed E-state index contributed by atoms with van der Waals surface area (Å²) in [7, 11) is 0. The first-order chi connectivity index (χ1) is 7.38. The molecule has 17 heavy (non-hydrogen) atoms. The molecule has 0 saturated heterocycles. The zero-order chi connectivity index (χ0) is 12.2. The van der Waals surface area contributed by atoms with Crippen LogP contribution in [0.3, 0.4) is 0 Å². The van der Waals surface area contributed by atoms with Crippen LogP contribution in [0.4, 0.5) is 4.79 Å². The predicted octanol–water partition coefficient (Wildman–Crippen LogP) is -0.103. The van der Waals surface area contributed by atoms with Gasteiger partial charge in [0.2, 0.25) is 0 Å². The van der Waals surface area contributed by atoms with E-state index in [0.717, 1.165) is 11.1 Å². The van der Waals surface area contributed by atoms with Gasteiger partial charge in [0.25, 0.3) is 0 Å². The Morgan fingerprint density at radius 2 is 1.94 bits per heavy atom. The number of benzene rings is 1. The molecule has 0 saturated carbocycles. The molecule has 1 rings (SSSR count).